The maximum absolute atomic E-state index is 3.75. The molecule has 0 aliphatic carbocycles. The summed E-state index contributed by atoms with van der Waals surface area (Å²) in [6.07, 6.45) is 3.48. The molecule has 0 bridgehead atoms. The van der Waals surface area contributed by atoms with Crippen molar-refractivity contribution in [3.05, 3.63) is 18.3 Å². The number of aromatic amines is 1. The van der Waals surface area contributed by atoms with E-state index in [1.54, 1.807) is 13.4 Å². The van der Waals surface area contributed by atoms with Gasteiger partial charge in [0.25, 0.3) is 0 Å². The van der Waals surface area contributed by atoms with E-state index in [0.717, 1.165) is 5.82 Å². The van der Waals surface area contributed by atoms with Gasteiger partial charge in [-0.2, -0.15) is 0 Å². The zero-order chi connectivity index (χ0) is 6.53. The molecule has 1 rings (SSSR count). The van der Waals surface area contributed by atoms with Gasteiger partial charge < -0.3 is 10.3 Å². The molecule has 9 heavy (non-hydrogen) atoms. The highest BCUT2D eigenvalue weighted by Gasteiger charge is 1.82. The van der Waals surface area contributed by atoms with Gasteiger partial charge in [-0.3, -0.25) is 4.99 Å². The van der Waals surface area contributed by atoms with E-state index >= 15 is 0 Å². The van der Waals surface area contributed by atoms with Crippen LogP contribution in [0.5, 0.6) is 0 Å². The molecule has 48 valence electrons. The zero-order valence-electron chi connectivity index (χ0n) is 5.26. The van der Waals surface area contributed by atoms with E-state index in [0.29, 0.717) is 0 Å². The number of nitrogens with zero attached hydrogens (tertiary/aromatic N) is 1. The third-order valence-electron chi connectivity index (χ3n) is 0.947. The molecule has 0 aliphatic rings. The number of aromatic nitrogens is 1. The van der Waals surface area contributed by atoms with E-state index in [1.807, 2.05) is 18.3 Å². The largest absolute Gasteiger partial charge is 0.348 e. The lowest BCUT2D eigenvalue weighted by molar-refractivity contribution is 1.39. The first kappa shape index (κ1) is 5.88. The summed E-state index contributed by atoms with van der Waals surface area (Å²) in [7, 11) is 1.72. The van der Waals surface area contributed by atoms with Crippen molar-refractivity contribution in [3.8, 4) is 0 Å². The minimum absolute atomic E-state index is 0.959. The summed E-state index contributed by atoms with van der Waals surface area (Å²) >= 11 is 0. The van der Waals surface area contributed by atoms with Crippen molar-refractivity contribution in [1.82, 2.24) is 4.98 Å². The van der Waals surface area contributed by atoms with Crippen molar-refractivity contribution in [1.29, 1.82) is 0 Å². The van der Waals surface area contributed by atoms with Gasteiger partial charge in [-0.05, 0) is 12.1 Å². The summed E-state index contributed by atoms with van der Waals surface area (Å²) < 4.78 is 0. The summed E-state index contributed by atoms with van der Waals surface area (Å²) in [6.45, 7) is 0. The maximum Gasteiger partial charge on any atom is 0.108 e. The highest BCUT2D eigenvalue weighted by Crippen LogP contribution is 1.97. The molecule has 0 saturated heterocycles. The van der Waals surface area contributed by atoms with E-state index in [2.05, 4.69) is 15.3 Å². The maximum atomic E-state index is 3.75. The van der Waals surface area contributed by atoms with Crippen LogP contribution in [0.2, 0.25) is 0 Å². The van der Waals surface area contributed by atoms with Gasteiger partial charge in [0.1, 0.15) is 5.82 Å². The third-order valence-corrected chi connectivity index (χ3v) is 0.947. The van der Waals surface area contributed by atoms with Crippen LogP contribution in [0.1, 0.15) is 0 Å². The van der Waals surface area contributed by atoms with Crippen LogP contribution in [0.3, 0.4) is 0 Å². The van der Waals surface area contributed by atoms with Crippen LogP contribution in [0.15, 0.2) is 23.3 Å². The van der Waals surface area contributed by atoms with Gasteiger partial charge in [-0.15, -0.1) is 0 Å². The lowest BCUT2D eigenvalue weighted by Gasteiger charge is -1.90. The SMILES string of the molecule is CN=CNc1ccc[nH]1. The van der Waals surface area contributed by atoms with Gasteiger partial charge in [-0.25, -0.2) is 0 Å². The fourth-order valence-corrected chi connectivity index (χ4v) is 0.554. The van der Waals surface area contributed by atoms with E-state index < -0.39 is 0 Å². The molecule has 0 spiro atoms. The van der Waals surface area contributed by atoms with Gasteiger partial charge in [0.05, 0.1) is 6.34 Å². The summed E-state index contributed by atoms with van der Waals surface area (Å²) in [5.41, 5.74) is 0. The summed E-state index contributed by atoms with van der Waals surface area (Å²) in [4.78, 5) is 6.72. The molecule has 0 radical (unpaired) electrons. The second-order valence-electron chi connectivity index (χ2n) is 1.62. The molecule has 1 aromatic rings. The van der Waals surface area contributed by atoms with Gasteiger partial charge in [0.2, 0.25) is 0 Å². The molecular weight excluding hydrogens is 114 g/mol. The molecule has 1 aromatic heterocycles. The Bertz CT molecular complexity index is 176. The molecule has 1 heterocycles. The highest BCUT2D eigenvalue weighted by molar-refractivity contribution is 5.73. The number of H-pyrrole nitrogens is 1. The molecule has 3 nitrogen and oxygen atoms in total. The van der Waals surface area contributed by atoms with E-state index in [9.17, 15) is 0 Å². The van der Waals surface area contributed by atoms with Crippen molar-refractivity contribution in [3.63, 3.8) is 0 Å². The average Bonchev–Trinajstić information content (AvgIpc) is 2.34. The smallest absolute Gasteiger partial charge is 0.108 e. The standard InChI is InChI=1S/C6H9N3/c1-7-5-9-6-3-2-4-8-6/h2-5,8H,1H3,(H,7,9). The molecular formula is C6H9N3. The lowest BCUT2D eigenvalue weighted by Crippen LogP contribution is -1.93. The van der Waals surface area contributed by atoms with Crippen LogP contribution in [0, 0.1) is 0 Å². The number of rotatable bonds is 2. The van der Waals surface area contributed by atoms with Crippen LogP contribution in [0.25, 0.3) is 0 Å². The van der Waals surface area contributed by atoms with Crippen molar-refractivity contribution in [2.45, 2.75) is 0 Å². The first-order valence-corrected chi connectivity index (χ1v) is 2.74. The topological polar surface area (TPSA) is 40.2 Å². The Labute approximate surface area is 53.8 Å². The first-order valence-electron chi connectivity index (χ1n) is 2.74. The summed E-state index contributed by atoms with van der Waals surface area (Å²) in [5.74, 6) is 0.959. The summed E-state index contributed by atoms with van der Waals surface area (Å²) in [5, 5.41) is 2.93. The number of aliphatic imine (C=N–C) groups is 1. The highest BCUT2D eigenvalue weighted by atomic mass is 15.0. The van der Waals surface area contributed by atoms with E-state index in [-0.39, 0.29) is 0 Å². The number of anilines is 1. The van der Waals surface area contributed by atoms with Crippen molar-refractivity contribution in [2.75, 3.05) is 12.4 Å². The second kappa shape index (κ2) is 2.91. The Kier molecular flexibility index (Phi) is 1.90. The molecule has 0 saturated carbocycles. The van der Waals surface area contributed by atoms with Crippen LogP contribution in [-0.4, -0.2) is 18.4 Å². The van der Waals surface area contributed by atoms with Gasteiger partial charge in [-0.1, -0.05) is 0 Å². The predicted octanol–water partition coefficient (Wildman–Crippen LogP) is 1.08. The van der Waals surface area contributed by atoms with Crippen LogP contribution >= 0.6 is 0 Å². The third kappa shape index (κ3) is 1.60. The van der Waals surface area contributed by atoms with Crippen LogP contribution < -0.4 is 5.32 Å². The molecule has 3 heteroatoms. The molecule has 0 atom stereocenters. The van der Waals surface area contributed by atoms with Crippen LogP contribution in [0.4, 0.5) is 5.82 Å². The van der Waals surface area contributed by atoms with Crippen molar-refractivity contribution in [2.24, 2.45) is 4.99 Å². The molecule has 0 amide bonds. The molecule has 0 fully saturated rings. The van der Waals surface area contributed by atoms with Crippen molar-refractivity contribution < 1.29 is 0 Å². The summed E-state index contributed by atoms with van der Waals surface area (Å²) in [6, 6.07) is 3.85. The first-order chi connectivity index (χ1) is 4.43. The minimum Gasteiger partial charge on any atom is -0.348 e. The predicted molar refractivity (Wildman–Crippen MR) is 38.8 cm³/mol. The van der Waals surface area contributed by atoms with Gasteiger partial charge in [0, 0.05) is 13.2 Å². The quantitative estimate of drug-likeness (QED) is 0.448. The fourth-order valence-electron chi connectivity index (χ4n) is 0.554. The Balaban J connectivity index is 2.48. The van der Waals surface area contributed by atoms with Crippen LogP contribution in [-0.2, 0) is 0 Å². The number of nitrogens with one attached hydrogen (secondary N) is 2. The average molecular weight is 123 g/mol. The number of hydrogen-bond acceptors (Lipinski definition) is 1. The zero-order valence-corrected chi connectivity index (χ0v) is 5.26. The Morgan fingerprint density at radius 3 is 3.22 bits per heavy atom. The fraction of sp³-hybridized carbons (Fsp3) is 0.167. The minimum atomic E-state index is 0.959. The lowest BCUT2D eigenvalue weighted by atomic mass is 10.6. The Morgan fingerprint density at radius 2 is 2.67 bits per heavy atom. The monoisotopic (exact) mass is 123 g/mol. The molecule has 0 aromatic carbocycles. The molecule has 0 unspecified atom stereocenters. The Hall–Kier alpha value is -1.25. The normalized spacial score (nSPS) is 10.3. The Morgan fingerprint density at radius 1 is 1.78 bits per heavy atom. The molecule has 2 N–H and O–H groups in total. The van der Waals surface area contributed by atoms with Gasteiger partial charge >= 0.3 is 0 Å². The number of hydrogen-bond donors (Lipinski definition) is 2. The van der Waals surface area contributed by atoms with Crippen molar-refractivity contribution >= 4 is 12.2 Å². The van der Waals surface area contributed by atoms with E-state index in [1.165, 1.54) is 0 Å². The second-order valence-corrected chi connectivity index (χ2v) is 1.62. The van der Waals surface area contributed by atoms with E-state index in [4.69, 9.17) is 0 Å². The molecule has 0 aliphatic heterocycles. The van der Waals surface area contributed by atoms with Gasteiger partial charge in [0.15, 0.2) is 0 Å².